The summed E-state index contributed by atoms with van der Waals surface area (Å²) in [5.41, 5.74) is 6.67. The molecule has 0 fully saturated rings. The van der Waals surface area contributed by atoms with Crippen LogP contribution in [0, 0.1) is 12.8 Å². The molecule has 2 unspecified atom stereocenters. The lowest BCUT2D eigenvalue weighted by atomic mass is 9.95. The van der Waals surface area contributed by atoms with Crippen molar-refractivity contribution >= 4 is 11.6 Å². The van der Waals surface area contributed by atoms with Crippen LogP contribution in [0.15, 0.2) is 0 Å². The van der Waals surface area contributed by atoms with Crippen LogP contribution >= 0.6 is 0 Å². The highest BCUT2D eigenvalue weighted by atomic mass is 16.3. The number of anilines is 2. The van der Waals surface area contributed by atoms with Crippen molar-refractivity contribution in [2.24, 2.45) is 5.92 Å². The van der Waals surface area contributed by atoms with Crippen molar-refractivity contribution in [3.8, 4) is 0 Å². The molecule has 0 aliphatic rings. The van der Waals surface area contributed by atoms with E-state index in [0.29, 0.717) is 5.82 Å². The van der Waals surface area contributed by atoms with Gasteiger partial charge in [0.05, 0.1) is 0 Å². The van der Waals surface area contributed by atoms with E-state index in [1.807, 2.05) is 20.8 Å². The molecule has 1 heterocycles. The lowest BCUT2D eigenvalue weighted by Gasteiger charge is -2.24. The van der Waals surface area contributed by atoms with Crippen LogP contribution in [-0.2, 0) is 5.41 Å². The first kappa shape index (κ1) is 15.7. The Morgan fingerprint density at radius 3 is 2.32 bits per heavy atom. The second-order valence-corrected chi connectivity index (χ2v) is 6.25. The van der Waals surface area contributed by atoms with E-state index in [0.717, 1.165) is 17.2 Å². The Labute approximate surface area is 115 Å². The van der Waals surface area contributed by atoms with Crippen molar-refractivity contribution in [1.29, 1.82) is 0 Å². The molecule has 0 saturated carbocycles. The first-order valence-corrected chi connectivity index (χ1v) is 6.68. The van der Waals surface area contributed by atoms with Gasteiger partial charge in [-0.3, -0.25) is 0 Å². The van der Waals surface area contributed by atoms with E-state index in [1.54, 1.807) is 0 Å². The molecule has 5 heteroatoms. The maximum atomic E-state index is 9.19. The number of aliphatic hydroxyl groups excluding tert-OH is 1. The molecular formula is C14H26N4O. The third-order valence-electron chi connectivity index (χ3n) is 3.36. The molecule has 4 N–H and O–H groups in total. The van der Waals surface area contributed by atoms with Gasteiger partial charge in [0.25, 0.3) is 0 Å². The number of hydrogen-bond donors (Lipinski definition) is 3. The van der Waals surface area contributed by atoms with E-state index in [4.69, 9.17) is 5.73 Å². The number of aromatic nitrogens is 2. The summed E-state index contributed by atoms with van der Waals surface area (Å²) in [6.07, 6.45) is 0. The smallest absolute Gasteiger partial charge is 0.138 e. The van der Waals surface area contributed by atoms with Crippen LogP contribution in [0.5, 0.6) is 0 Å². The molecule has 0 aliphatic carbocycles. The average Bonchev–Trinajstić information content (AvgIpc) is 2.32. The molecule has 108 valence electrons. The Balaban J connectivity index is 3.10. The standard InChI is InChI=1S/C14H26N4O/c1-8(7-19)10(3)16-12-9(2)11(15)17-13(18-12)14(4,5)6/h8,10,19H,7H2,1-6H3,(H3,15,16,17,18). The molecule has 1 rings (SSSR count). The first-order valence-electron chi connectivity index (χ1n) is 6.68. The summed E-state index contributed by atoms with van der Waals surface area (Å²) >= 11 is 0. The van der Waals surface area contributed by atoms with Gasteiger partial charge in [0, 0.05) is 23.6 Å². The van der Waals surface area contributed by atoms with Crippen molar-refractivity contribution in [3.05, 3.63) is 11.4 Å². The highest BCUT2D eigenvalue weighted by Gasteiger charge is 2.21. The van der Waals surface area contributed by atoms with E-state index in [9.17, 15) is 5.11 Å². The third kappa shape index (κ3) is 3.80. The summed E-state index contributed by atoms with van der Waals surface area (Å²) < 4.78 is 0. The lowest BCUT2D eigenvalue weighted by molar-refractivity contribution is 0.226. The Bertz CT molecular complexity index is 440. The third-order valence-corrected chi connectivity index (χ3v) is 3.36. The van der Waals surface area contributed by atoms with Crippen LogP contribution in [0.4, 0.5) is 11.6 Å². The fourth-order valence-corrected chi connectivity index (χ4v) is 1.53. The summed E-state index contributed by atoms with van der Waals surface area (Å²) in [5, 5.41) is 12.5. The second kappa shape index (κ2) is 5.74. The minimum absolute atomic E-state index is 0.116. The molecule has 19 heavy (non-hydrogen) atoms. The van der Waals surface area contributed by atoms with Crippen LogP contribution in [0.3, 0.4) is 0 Å². The molecule has 0 radical (unpaired) electrons. The highest BCUT2D eigenvalue weighted by Crippen LogP contribution is 2.25. The van der Waals surface area contributed by atoms with E-state index in [2.05, 4.69) is 36.1 Å². The Hall–Kier alpha value is -1.36. The molecule has 5 nitrogen and oxygen atoms in total. The highest BCUT2D eigenvalue weighted by molar-refractivity contribution is 5.55. The number of hydrogen-bond acceptors (Lipinski definition) is 5. The fraction of sp³-hybridized carbons (Fsp3) is 0.714. The van der Waals surface area contributed by atoms with Gasteiger partial charge in [-0.2, -0.15) is 0 Å². The minimum atomic E-state index is -0.149. The van der Waals surface area contributed by atoms with E-state index < -0.39 is 0 Å². The summed E-state index contributed by atoms with van der Waals surface area (Å²) in [4.78, 5) is 8.93. The number of nitrogens with two attached hydrogens (primary N) is 1. The molecule has 0 saturated heterocycles. The van der Waals surface area contributed by atoms with E-state index >= 15 is 0 Å². The summed E-state index contributed by atoms with van der Waals surface area (Å²) in [5.74, 6) is 2.13. The van der Waals surface area contributed by atoms with Gasteiger partial charge < -0.3 is 16.2 Å². The summed E-state index contributed by atoms with van der Waals surface area (Å²) in [6, 6.07) is 0.116. The SMILES string of the molecule is Cc1c(N)nc(C(C)(C)C)nc1NC(C)C(C)CO. The number of nitrogen functional groups attached to an aromatic ring is 1. The van der Waals surface area contributed by atoms with Crippen molar-refractivity contribution in [1.82, 2.24) is 9.97 Å². The number of nitrogens with zero attached hydrogens (tertiary/aromatic N) is 2. The van der Waals surface area contributed by atoms with Crippen molar-refractivity contribution < 1.29 is 5.11 Å². The second-order valence-electron chi connectivity index (χ2n) is 6.25. The van der Waals surface area contributed by atoms with E-state index in [1.165, 1.54) is 0 Å². The first-order chi connectivity index (χ1) is 8.66. The zero-order valence-electron chi connectivity index (χ0n) is 12.8. The molecular weight excluding hydrogens is 240 g/mol. The topological polar surface area (TPSA) is 84.1 Å². The van der Waals surface area contributed by atoms with Crippen LogP contribution in [0.25, 0.3) is 0 Å². The van der Waals surface area contributed by atoms with Crippen LogP contribution in [-0.4, -0.2) is 27.7 Å². The zero-order chi connectivity index (χ0) is 14.8. The van der Waals surface area contributed by atoms with Crippen molar-refractivity contribution in [2.75, 3.05) is 17.7 Å². The molecule has 0 bridgehead atoms. The van der Waals surface area contributed by atoms with Gasteiger partial charge >= 0.3 is 0 Å². The lowest BCUT2D eigenvalue weighted by Crippen LogP contribution is -2.28. The summed E-state index contributed by atoms with van der Waals surface area (Å²) in [7, 11) is 0. The van der Waals surface area contributed by atoms with Gasteiger partial charge in [0.15, 0.2) is 0 Å². The Morgan fingerprint density at radius 1 is 1.26 bits per heavy atom. The van der Waals surface area contributed by atoms with Gasteiger partial charge in [-0.05, 0) is 19.8 Å². The van der Waals surface area contributed by atoms with Gasteiger partial charge in [-0.15, -0.1) is 0 Å². The molecule has 1 aromatic rings. The Kier molecular flexibility index (Phi) is 4.74. The summed E-state index contributed by atoms with van der Waals surface area (Å²) in [6.45, 7) is 12.2. The molecule has 0 aromatic carbocycles. The fourth-order valence-electron chi connectivity index (χ4n) is 1.53. The van der Waals surface area contributed by atoms with Gasteiger partial charge in [-0.1, -0.05) is 27.7 Å². The van der Waals surface area contributed by atoms with Crippen LogP contribution in [0.1, 0.15) is 46.0 Å². The Morgan fingerprint density at radius 2 is 1.84 bits per heavy atom. The minimum Gasteiger partial charge on any atom is -0.396 e. The average molecular weight is 266 g/mol. The molecule has 0 aliphatic heterocycles. The normalized spacial score (nSPS) is 15.1. The number of nitrogens with one attached hydrogen (secondary N) is 1. The molecule has 0 amide bonds. The van der Waals surface area contributed by atoms with Crippen LogP contribution < -0.4 is 11.1 Å². The van der Waals surface area contributed by atoms with Gasteiger partial charge in [0.1, 0.15) is 17.5 Å². The predicted molar refractivity (Wildman–Crippen MR) is 79.2 cm³/mol. The molecule has 2 atom stereocenters. The maximum absolute atomic E-state index is 9.19. The monoisotopic (exact) mass is 266 g/mol. The van der Waals surface area contributed by atoms with E-state index in [-0.39, 0.29) is 24.0 Å². The molecule has 0 spiro atoms. The quantitative estimate of drug-likeness (QED) is 0.777. The maximum Gasteiger partial charge on any atom is 0.138 e. The van der Waals surface area contributed by atoms with Crippen molar-refractivity contribution in [3.63, 3.8) is 0 Å². The predicted octanol–water partition coefficient (Wildman–Crippen LogP) is 2.09. The molecule has 1 aromatic heterocycles. The van der Waals surface area contributed by atoms with Crippen LogP contribution in [0.2, 0.25) is 0 Å². The van der Waals surface area contributed by atoms with Gasteiger partial charge in [0.2, 0.25) is 0 Å². The van der Waals surface area contributed by atoms with Crippen molar-refractivity contribution in [2.45, 2.75) is 53.0 Å². The largest absolute Gasteiger partial charge is 0.396 e. The zero-order valence-corrected chi connectivity index (χ0v) is 12.8. The van der Waals surface area contributed by atoms with Gasteiger partial charge in [-0.25, -0.2) is 9.97 Å². The number of aliphatic hydroxyl groups is 1. The number of rotatable bonds is 4.